The van der Waals surface area contributed by atoms with Gasteiger partial charge >= 0.3 is 5.97 Å². The summed E-state index contributed by atoms with van der Waals surface area (Å²) in [5, 5.41) is 1.57. The van der Waals surface area contributed by atoms with E-state index >= 15 is 0 Å². The van der Waals surface area contributed by atoms with E-state index in [1.165, 1.54) is 12.0 Å². The van der Waals surface area contributed by atoms with Crippen molar-refractivity contribution in [3.63, 3.8) is 0 Å². The number of nitrogens with one attached hydrogen (secondary N) is 1. The van der Waals surface area contributed by atoms with Crippen LogP contribution in [0.1, 0.15) is 22.9 Å². The molecule has 7 heteroatoms. The van der Waals surface area contributed by atoms with Crippen molar-refractivity contribution in [2.75, 3.05) is 13.0 Å². The number of carbonyl (C=O) groups is 2. The number of halogens is 2. The van der Waals surface area contributed by atoms with E-state index in [0.29, 0.717) is 11.4 Å². The summed E-state index contributed by atoms with van der Waals surface area (Å²) < 4.78 is 5.01. The molecule has 28 heavy (non-hydrogen) atoms. The number of aromatic nitrogens is 1. The molecule has 1 amide bonds. The summed E-state index contributed by atoms with van der Waals surface area (Å²) in [5.74, 6) is -1.05. The lowest BCUT2D eigenvalue weighted by Crippen LogP contribution is -2.52. The van der Waals surface area contributed by atoms with E-state index in [4.69, 9.17) is 27.9 Å². The van der Waals surface area contributed by atoms with Crippen molar-refractivity contribution < 1.29 is 14.3 Å². The third-order valence-electron chi connectivity index (χ3n) is 5.17. The second-order valence-corrected chi connectivity index (χ2v) is 7.40. The molecule has 1 aliphatic rings. The van der Waals surface area contributed by atoms with E-state index in [1.54, 1.807) is 12.1 Å². The van der Waals surface area contributed by atoms with Crippen LogP contribution in [0.4, 0.5) is 0 Å². The fraction of sp³-hybridized carbons (Fsp3) is 0.238. The van der Waals surface area contributed by atoms with Crippen molar-refractivity contribution in [1.29, 1.82) is 0 Å². The summed E-state index contributed by atoms with van der Waals surface area (Å²) in [6.07, 6.45) is 0.353. The SMILES string of the molecule is COC(=O)[C@@H]1Cc2c([nH]c3ccccc23)C(c2cccc(Cl)c2)N1C(=O)CCl. The summed E-state index contributed by atoms with van der Waals surface area (Å²) in [6.45, 7) is 0. The molecule has 0 saturated heterocycles. The van der Waals surface area contributed by atoms with Gasteiger partial charge in [-0.25, -0.2) is 4.79 Å². The number of fused-ring (bicyclic) bond motifs is 3. The predicted octanol–water partition coefficient (Wildman–Crippen LogP) is 4.08. The molecule has 1 aliphatic heterocycles. The van der Waals surface area contributed by atoms with Gasteiger partial charge in [-0.3, -0.25) is 4.79 Å². The number of hydrogen-bond acceptors (Lipinski definition) is 3. The first kappa shape index (κ1) is 18.8. The summed E-state index contributed by atoms with van der Waals surface area (Å²) >= 11 is 12.1. The third kappa shape index (κ3) is 3.05. The van der Waals surface area contributed by atoms with Crippen molar-refractivity contribution in [2.24, 2.45) is 0 Å². The van der Waals surface area contributed by atoms with Gasteiger partial charge in [-0.05, 0) is 29.3 Å². The van der Waals surface area contributed by atoms with Gasteiger partial charge in [0.15, 0.2) is 0 Å². The van der Waals surface area contributed by atoms with E-state index in [9.17, 15) is 9.59 Å². The molecular formula is C21H18Cl2N2O3. The largest absolute Gasteiger partial charge is 0.467 e. The summed E-state index contributed by atoms with van der Waals surface area (Å²) in [6, 6.07) is 13.9. The van der Waals surface area contributed by atoms with Crippen LogP contribution in [0.3, 0.4) is 0 Å². The Labute approximate surface area is 172 Å². The van der Waals surface area contributed by atoms with Crippen LogP contribution >= 0.6 is 23.2 Å². The van der Waals surface area contributed by atoms with Crippen molar-refractivity contribution in [3.05, 3.63) is 70.4 Å². The Morgan fingerprint density at radius 3 is 2.71 bits per heavy atom. The molecule has 1 unspecified atom stereocenters. The molecule has 1 aromatic heterocycles. The molecule has 0 aliphatic carbocycles. The molecule has 0 fully saturated rings. The van der Waals surface area contributed by atoms with Crippen LogP contribution in [-0.2, 0) is 20.7 Å². The lowest BCUT2D eigenvalue weighted by molar-refractivity contribution is -0.154. The van der Waals surface area contributed by atoms with Gasteiger partial charge in [-0.1, -0.05) is 41.9 Å². The van der Waals surface area contributed by atoms with Crippen molar-refractivity contribution in [2.45, 2.75) is 18.5 Å². The van der Waals surface area contributed by atoms with Crippen LogP contribution in [-0.4, -0.2) is 40.8 Å². The number of ether oxygens (including phenoxy) is 1. The lowest BCUT2D eigenvalue weighted by atomic mass is 9.88. The van der Waals surface area contributed by atoms with Crippen molar-refractivity contribution in [3.8, 4) is 0 Å². The quantitative estimate of drug-likeness (QED) is 0.516. The fourth-order valence-electron chi connectivity index (χ4n) is 4.01. The highest BCUT2D eigenvalue weighted by Gasteiger charge is 2.43. The van der Waals surface area contributed by atoms with Crippen LogP contribution in [0.15, 0.2) is 48.5 Å². The maximum atomic E-state index is 12.8. The third-order valence-corrected chi connectivity index (χ3v) is 5.64. The Balaban J connectivity index is 1.99. The topological polar surface area (TPSA) is 62.4 Å². The molecule has 2 aromatic carbocycles. The number of rotatable bonds is 3. The van der Waals surface area contributed by atoms with Gasteiger partial charge in [0.1, 0.15) is 11.9 Å². The van der Waals surface area contributed by atoms with E-state index in [-0.39, 0.29) is 11.8 Å². The second kappa shape index (κ2) is 7.49. The first-order chi connectivity index (χ1) is 13.5. The normalized spacial score (nSPS) is 18.8. The number of esters is 1. The van der Waals surface area contributed by atoms with E-state index in [1.807, 2.05) is 36.4 Å². The molecule has 144 valence electrons. The number of amides is 1. The molecular weight excluding hydrogens is 399 g/mol. The number of hydrogen-bond donors (Lipinski definition) is 1. The average Bonchev–Trinajstić information content (AvgIpc) is 3.09. The van der Waals surface area contributed by atoms with Gasteiger partial charge in [0, 0.05) is 28.0 Å². The van der Waals surface area contributed by atoms with E-state index in [0.717, 1.165) is 27.7 Å². The number of benzene rings is 2. The maximum absolute atomic E-state index is 12.8. The zero-order valence-corrected chi connectivity index (χ0v) is 16.6. The van der Waals surface area contributed by atoms with E-state index in [2.05, 4.69) is 4.98 Å². The molecule has 2 heterocycles. The standard InChI is InChI=1S/C21H18Cl2N2O3/c1-28-21(27)17-10-15-14-7-2-3-8-16(14)24-19(15)20(25(17)18(26)11-22)12-5-4-6-13(23)9-12/h2-9,17,20,24H,10-11H2,1H3/t17-,20?/m0/s1. The molecule has 3 aromatic rings. The maximum Gasteiger partial charge on any atom is 0.328 e. The molecule has 0 spiro atoms. The summed E-state index contributed by atoms with van der Waals surface area (Å²) in [5.41, 5.74) is 3.60. The molecule has 4 rings (SSSR count). The predicted molar refractivity (Wildman–Crippen MR) is 109 cm³/mol. The van der Waals surface area contributed by atoms with E-state index < -0.39 is 18.1 Å². The Hall–Kier alpha value is -2.50. The second-order valence-electron chi connectivity index (χ2n) is 6.70. The van der Waals surface area contributed by atoms with Crippen molar-refractivity contribution >= 4 is 46.0 Å². The van der Waals surface area contributed by atoms with Crippen LogP contribution < -0.4 is 0 Å². The summed E-state index contributed by atoms with van der Waals surface area (Å²) in [4.78, 5) is 30.4. The summed E-state index contributed by atoms with van der Waals surface area (Å²) in [7, 11) is 1.32. The molecule has 0 saturated carbocycles. The number of aromatic amines is 1. The van der Waals surface area contributed by atoms with Gasteiger partial charge in [0.05, 0.1) is 13.2 Å². The number of carbonyl (C=O) groups excluding carboxylic acids is 2. The lowest BCUT2D eigenvalue weighted by Gasteiger charge is -2.40. The zero-order valence-electron chi connectivity index (χ0n) is 15.1. The monoisotopic (exact) mass is 416 g/mol. The number of nitrogens with zero attached hydrogens (tertiary/aromatic N) is 1. The minimum Gasteiger partial charge on any atom is -0.467 e. The van der Waals surface area contributed by atoms with Crippen LogP contribution in [0.5, 0.6) is 0 Å². The Morgan fingerprint density at radius 1 is 1.21 bits per heavy atom. The van der Waals surface area contributed by atoms with Crippen LogP contribution in [0.2, 0.25) is 5.02 Å². The van der Waals surface area contributed by atoms with Gasteiger partial charge in [-0.15, -0.1) is 11.6 Å². The minimum atomic E-state index is -0.771. The van der Waals surface area contributed by atoms with Gasteiger partial charge in [-0.2, -0.15) is 0 Å². The zero-order chi connectivity index (χ0) is 19.8. The average molecular weight is 417 g/mol. The Morgan fingerprint density at radius 2 is 2.00 bits per heavy atom. The molecule has 1 N–H and O–H groups in total. The Kier molecular flexibility index (Phi) is 5.04. The first-order valence-electron chi connectivity index (χ1n) is 8.85. The van der Waals surface area contributed by atoms with Crippen molar-refractivity contribution in [1.82, 2.24) is 9.88 Å². The number of methoxy groups -OCH3 is 1. The van der Waals surface area contributed by atoms with Gasteiger partial charge in [0.25, 0.3) is 0 Å². The smallest absolute Gasteiger partial charge is 0.328 e. The molecule has 5 nitrogen and oxygen atoms in total. The van der Waals surface area contributed by atoms with Gasteiger partial charge in [0.2, 0.25) is 5.91 Å². The van der Waals surface area contributed by atoms with Crippen LogP contribution in [0.25, 0.3) is 10.9 Å². The first-order valence-corrected chi connectivity index (χ1v) is 9.76. The number of para-hydroxylation sites is 1. The highest BCUT2D eigenvalue weighted by molar-refractivity contribution is 6.30. The molecule has 2 atom stereocenters. The fourth-order valence-corrected chi connectivity index (χ4v) is 4.35. The molecule has 0 bridgehead atoms. The Bertz CT molecular complexity index is 1060. The van der Waals surface area contributed by atoms with Gasteiger partial charge < -0.3 is 14.6 Å². The highest BCUT2D eigenvalue weighted by Crippen LogP contribution is 2.41. The minimum absolute atomic E-state index is 0.236. The van der Waals surface area contributed by atoms with Crippen LogP contribution in [0, 0.1) is 0 Å². The molecule has 0 radical (unpaired) electrons. The number of H-pyrrole nitrogens is 1. The highest BCUT2D eigenvalue weighted by atomic mass is 35.5. The number of alkyl halides is 1.